The molecule has 0 aliphatic carbocycles. The van der Waals surface area contributed by atoms with Crippen LogP contribution in [-0.2, 0) is 0 Å². The number of nitrogens with zero attached hydrogens (tertiary/aromatic N) is 3. The lowest BCUT2D eigenvalue weighted by atomic mass is 10.2. The third kappa shape index (κ3) is 2.73. The lowest BCUT2D eigenvalue weighted by Gasteiger charge is -2.21. The zero-order valence-corrected chi connectivity index (χ0v) is 11.1. The first kappa shape index (κ1) is 13.1. The maximum absolute atomic E-state index is 4.41. The molecular formula is C15H18N4. The topological polar surface area (TPSA) is 41.1 Å². The van der Waals surface area contributed by atoms with Crippen LogP contribution in [0.25, 0.3) is 10.9 Å². The maximum Gasteiger partial charge on any atom is 0.140 e. The third-order valence-corrected chi connectivity index (χ3v) is 2.90. The summed E-state index contributed by atoms with van der Waals surface area (Å²) >= 11 is 0. The SMILES string of the molecule is C=CCN(CC=C)c1ncnc2ccc(NC)cc12. The molecule has 19 heavy (non-hydrogen) atoms. The van der Waals surface area contributed by atoms with E-state index in [2.05, 4.69) is 39.4 Å². The molecule has 0 bridgehead atoms. The molecule has 0 aliphatic heterocycles. The van der Waals surface area contributed by atoms with Gasteiger partial charge in [0, 0.05) is 31.2 Å². The number of nitrogens with one attached hydrogen (secondary N) is 1. The molecule has 4 nitrogen and oxygen atoms in total. The van der Waals surface area contributed by atoms with E-state index in [1.807, 2.05) is 31.3 Å². The van der Waals surface area contributed by atoms with Gasteiger partial charge in [0.15, 0.2) is 0 Å². The molecule has 0 atom stereocenters. The standard InChI is InChI=1S/C15H18N4/c1-4-8-19(9-5-2)15-13-10-12(16-3)6-7-14(13)17-11-18-15/h4-7,10-11,16H,1-2,8-9H2,3H3. The summed E-state index contributed by atoms with van der Waals surface area (Å²) in [4.78, 5) is 10.8. The molecule has 1 aromatic carbocycles. The average Bonchev–Trinajstić information content (AvgIpc) is 2.46. The van der Waals surface area contributed by atoms with E-state index in [1.54, 1.807) is 6.33 Å². The molecule has 0 fully saturated rings. The third-order valence-electron chi connectivity index (χ3n) is 2.90. The molecular weight excluding hydrogens is 236 g/mol. The molecule has 1 aromatic heterocycles. The zero-order valence-electron chi connectivity index (χ0n) is 11.1. The van der Waals surface area contributed by atoms with Crippen molar-refractivity contribution in [2.75, 3.05) is 30.4 Å². The van der Waals surface area contributed by atoms with E-state index < -0.39 is 0 Å². The fraction of sp³-hybridized carbons (Fsp3) is 0.200. The Labute approximate surface area is 113 Å². The van der Waals surface area contributed by atoms with Crippen molar-refractivity contribution in [2.24, 2.45) is 0 Å². The van der Waals surface area contributed by atoms with Gasteiger partial charge in [-0.3, -0.25) is 0 Å². The van der Waals surface area contributed by atoms with Crippen LogP contribution in [0.15, 0.2) is 49.8 Å². The summed E-state index contributed by atoms with van der Waals surface area (Å²) in [6, 6.07) is 6.06. The van der Waals surface area contributed by atoms with E-state index >= 15 is 0 Å². The Morgan fingerprint density at radius 3 is 2.58 bits per heavy atom. The fourth-order valence-electron chi connectivity index (χ4n) is 2.01. The predicted octanol–water partition coefficient (Wildman–Crippen LogP) is 2.85. The molecule has 0 saturated heterocycles. The minimum absolute atomic E-state index is 0.724. The van der Waals surface area contributed by atoms with Crippen LogP contribution in [0.5, 0.6) is 0 Å². The Balaban J connectivity index is 2.56. The van der Waals surface area contributed by atoms with Gasteiger partial charge in [-0.1, -0.05) is 12.2 Å². The Morgan fingerprint density at radius 1 is 1.21 bits per heavy atom. The van der Waals surface area contributed by atoms with E-state index in [1.165, 1.54) is 0 Å². The first-order valence-electron chi connectivity index (χ1n) is 6.19. The fourth-order valence-corrected chi connectivity index (χ4v) is 2.01. The highest BCUT2D eigenvalue weighted by Gasteiger charge is 2.10. The Morgan fingerprint density at radius 2 is 1.95 bits per heavy atom. The highest BCUT2D eigenvalue weighted by molar-refractivity contribution is 5.91. The Kier molecular flexibility index (Phi) is 4.13. The number of fused-ring (bicyclic) bond motifs is 1. The molecule has 0 amide bonds. The number of benzene rings is 1. The van der Waals surface area contributed by atoms with Gasteiger partial charge >= 0.3 is 0 Å². The maximum atomic E-state index is 4.41. The van der Waals surface area contributed by atoms with Gasteiger partial charge in [-0.15, -0.1) is 13.2 Å². The van der Waals surface area contributed by atoms with E-state index in [9.17, 15) is 0 Å². The first-order chi connectivity index (χ1) is 9.30. The summed E-state index contributed by atoms with van der Waals surface area (Å²) in [5.41, 5.74) is 1.97. The average molecular weight is 254 g/mol. The number of hydrogen-bond donors (Lipinski definition) is 1. The Hall–Kier alpha value is -2.36. The lowest BCUT2D eigenvalue weighted by Crippen LogP contribution is -2.24. The van der Waals surface area contributed by atoms with Gasteiger partial charge in [0.1, 0.15) is 12.1 Å². The molecule has 2 rings (SSSR count). The second-order valence-corrected chi connectivity index (χ2v) is 4.16. The van der Waals surface area contributed by atoms with Gasteiger partial charge in [0.25, 0.3) is 0 Å². The van der Waals surface area contributed by atoms with Crippen molar-refractivity contribution in [1.29, 1.82) is 0 Å². The molecule has 0 saturated carbocycles. The second-order valence-electron chi connectivity index (χ2n) is 4.16. The minimum Gasteiger partial charge on any atom is -0.388 e. The van der Waals surface area contributed by atoms with Gasteiger partial charge in [-0.25, -0.2) is 9.97 Å². The number of hydrogen-bond acceptors (Lipinski definition) is 4. The lowest BCUT2D eigenvalue weighted by molar-refractivity contribution is 0.928. The van der Waals surface area contributed by atoms with Gasteiger partial charge < -0.3 is 10.2 Å². The molecule has 0 spiro atoms. The van der Waals surface area contributed by atoms with Crippen LogP contribution in [0.1, 0.15) is 0 Å². The minimum atomic E-state index is 0.724. The predicted molar refractivity (Wildman–Crippen MR) is 81.7 cm³/mol. The highest BCUT2D eigenvalue weighted by atomic mass is 15.2. The number of aromatic nitrogens is 2. The first-order valence-corrected chi connectivity index (χ1v) is 6.19. The summed E-state index contributed by atoms with van der Waals surface area (Å²) in [6.07, 6.45) is 5.31. The van der Waals surface area contributed by atoms with Gasteiger partial charge in [0.2, 0.25) is 0 Å². The van der Waals surface area contributed by atoms with E-state index in [0.29, 0.717) is 0 Å². The largest absolute Gasteiger partial charge is 0.388 e. The molecule has 98 valence electrons. The van der Waals surface area contributed by atoms with Crippen LogP contribution in [-0.4, -0.2) is 30.1 Å². The van der Waals surface area contributed by atoms with Crippen molar-refractivity contribution >= 4 is 22.4 Å². The molecule has 0 aliphatic rings. The summed E-state index contributed by atoms with van der Waals surface area (Å²) in [6.45, 7) is 9.03. The van der Waals surface area contributed by atoms with Crippen LogP contribution in [0.3, 0.4) is 0 Å². The van der Waals surface area contributed by atoms with Gasteiger partial charge in [-0.2, -0.15) is 0 Å². The summed E-state index contributed by atoms with van der Waals surface area (Å²) in [5.74, 6) is 0.905. The van der Waals surface area contributed by atoms with E-state index in [0.717, 1.165) is 35.5 Å². The van der Waals surface area contributed by atoms with Crippen LogP contribution >= 0.6 is 0 Å². The summed E-state index contributed by atoms with van der Waals surface area (Å²) < 4.78 is 0. The number of rotatable bonds is 6. The van der Waals surface area contributed by atoms with Crippen molar-refractivity contribution < 1.29 is 0 Å². The second kappa shape index (κ2) is 6.00. The Bertz CT molecular complexity index is 582. The smallest absolute Gasteiger partial charge is 0.140 e. The quantitative estimate of drug-likeness (QED) is 0.805. The van der Waals surface area contributed by atoms with Crippen LogP contribution < -0.4 is 10.2 Å². The van der Waals surface area contributed by atoms with Crippen molar-refractivity contribution in [2.45, 2.75) is 0 Å². The van der Waals surface area contributed by atoms with Gasteiger partial charge in [0.05, 0.1) is 5.52 Å². The molecule has 1 N–H and O–H groups in total. The zero-order chi connectivity index (χ0) is 13.7. The van der Waals surface area contributed by atoms with Crippen molar-refractivity contribution in [3.8, 4) is 0 Å². The van der Waals surface area contributed by atoms with Crippen molar-refractivity contribution in [3.63, 3.8) is 0 Å². The summed E-state index contributed by atoms with van der Waals surface area (Å²) in [7, 11) is 1.90. The molecule has 4 heteroatoms. The normalized spacial score (nSPS) is 10.2. The van der Waals surface area contributed by atoms with E-state index in [4.69, 9.17) is 0 Å². The van der Waals surface area contributed by atoms with Crippen LogP contribution in [0.4, 0.5) is 11.5 Å². The van der Waals surface area contributed by atoms with Crippen LogP contribution in [0, 0.1) is 0 Å². The molecule has 0 radical (unpaired) electrons. The van der Waals surface area contributed by atoms with Crippen molar-refractivity contribution in [3.05, 3.63) is 49.8 Å². The summed E-state index contributed by atoms with van der Waals surface area (Å²) in [5, 5.41) is 4.16. The molecule has 1 heterocycles. The number of anilines is 2. The van der Waals surface area contributed by atoms with Crippen molar-refractivity contribution in [1.82, 2.24) is 9.97 Å². The highest BCUT2D eigenvalue weighted by Crippen LogP contribution is 2.25. The van der Waals surface area contributed by atoms with Crippen LogP contribution in [0.2, 0.25) is 0 Å². The van der Waals surface area contributed by atoms with Gasteiger partial charge in [-0.05, 0) is 18.2 Å². The van der Waals surface area contributed by atoms with E-state index in [-0.39, 0.29) is 0 Å². The molecule has 2 aromatic rings. The monoisotopic (exact) mass is 254 g/mol. The molecule has 0 unspecified atom stereocenters.